The Bertz CT molecular complexity index is 1250. The summed E-state index contributed by atoms with van der Waals surface area (Å²) in [6.07, 6.45) is 7.43. The van der Waals surface area contributed by atoms with Gasteiger partial charge >= 0.3 is 11.9 Å². The van der Waals surface area contributed by atoms with E-state index in [1.807, 2.05) is 32.9 Å². The normalized spacial score (nSPS) is 41.5. The number of nitrogens with one attached hydrogen (secondary N) is 1. The molecule has 4 bridgehead atoms. The summed E-state index contributed by atoms with van der Waals surface area (Å²) in [5, 5.41) is 22.3. The SMILES string of the molecule is COC(=O)/C=C/c1c[nH]c(CO[C@@H]2[C@H](C)[C@@H](O)[C@@H]3[C@H]4C=CC5C[C@H](OC)C(=O)O[C@H](C(C)O)[C@H](C)/C=C(\C)[C@]53O[C@H]42)c1. The predicted octanol–water partition coefficient (Wildman–Crippen LogP) is 2.95. The summed E-state index contributed by atoms with van der Waals surface area (Å²) >= 11 is 0. The molecule has 0 radical (unpaired) electrons. The molecule has 3 heterocycles. The lowest BCUT2D eigenvalue weighted by Crippen LogP contribution is -2.57. The number of hydrogen-bond donors (Lipinski definition) is 3. The molecule has 0 amide bonds. The largest absolute Gasteiger partial charge is 0.466 e. The van der Waals surface area contributed by atoms with Gasteiger partial charge in [0.05, 0.1) is 38.1 Å². The maximum Gasteiger partial charge on any atom is 0.335 e. The van der Waals surface area contributed by atoms with Gasteiger partial charge in [-0.25, -0.2) is 9.59 Å². The van der Waals surface area contributed by atoms with Gasteiger partial charge in [-0.15, -0.1) is 0 Å². The third kappa shape index (κ3) is 5.28. The highest BCUT2D eigenvalue weighted by molar-refractivity contribution is 5.86. The zero-order chi connectivity index (χ0) is 30.3. The second kappa shape index (κ2) is 12.1. The van der Waals surface area contributed by atoms with E-state index in [4.69, 9.17) is 18.9 Å². The van der Waals surface area contributed by atoms with Crippen molar-refractivity contribution >= 4 is 18.0 Å². The number of aliphatic hydroxyl groups excluding tert-OH is 2. The second-order valence-corrected chi connectivity index (χ2v) is 12.2. The fraction of sp³-hybridized carbons (Fsp3) is 0.625. The van der Waals surface area contributed by atoms with Crippen LogP contribution in [0.15, 0.2) is 42.1 Å². The van der Waals surface area contributed by atoms with Crippen molar-refractivity contribution in [3.63, 3.8) is 0 Å². The Kier molecular flexibility index (Phi) is 8.83. The van der Waals surface area contributed by atoms with E-state index in [-0.39, 0.29) is 42.3 Å². The predicted molar refractivity (Wildman–Crippen MR) is 153 cm³/mol. The highest BCUT2D eigenvalue weighted by Crippen LogP contribution is 2.61. The molecule has 2 aliphatic carbocycles. The van der Waals surface area contributed by atoms with E-state index in [1.54, 1.807) is 19.2 Å². The smallest absolute Gasteiger partial charge is 0.335 e. The Morgan fingerprint density at radius 2 is 2.05 bits per heavy atom. The van der Waals surface area contributed by atoms with Gasteiger partial charge in [-0.2, -0.15) is 0 Å². The van der Waals surface area contributed by atoms with Gasteiger partial charge in [-0.1, -0.05) is 32.1 Å². The summed E-state index contributed by atoms with van der Waals surface area (Å²) in [6, 6.07) is 1.90. The molecule has 10 heteroatoms. The van der Waals surface area contributed by atoms with Gasteiger partial charge in [-0.05, 0) is 43.5 Å². The van der Waals surface area contributed by atoms with E-state index in [1.165, 1.54) is 20.3 Å². The molecule has 1 saturated carbocycles. The van der Waals surface area contributed by atoms with E-state index in [0.29, 0.717) is 6.42 Å². The summed E-state index contributed by atoms with van der Waals surface area (Å²) in [4.78, 5) is 27.8. The summed E-state index contributed by atoms with van der Waals surface area (Å²) in [7, 11) is 2.81. The van der Waals surface area contributed by atoms with Crippen LogP contribution in [0.4, 0.5) is 0 Å². The minimum absolute atomic E-state index is 0.0817. The van der Waals surface area contributed by atoms with Crippen molar-refractivity contribution in [3.05, 3.63) is 53.4 Å². The Morgan fingerprint density at radius 1 is 1.29 bits per heavy atom. The highest BCUT2D eigenvalue weighted by atomic mass is 16.6. The number of esters is 2. The monoisotopic (exact) mass is 585 g/mol. The molecular weight excluding hydrogens is 542 g/mol. The topological polar surface area (TPSA) is 137 Å². The van der Waals surface area contributed by atoms with Gasteiger partial charge in [0, 0.05) is 54.7 Å². The third-order valence-electron chi connectivity index (χ3n) is 9.69. The number of hydrogen-bond acceptors (Lipinski definition) is 9. The summed E-state index contributed by atoms with van der Waals surface area (Å²) in [5.74, 6) is -2.04. The van der Waals surface area contributed by atoms with Crippen LogP contribution in [0.1, 0.15) is 45.4 Å². The van der Waals surface area contributed by atoms with Crippen LogP contribution in [-0.2, 0) is 39.9 Å². The molecule has 1 spiro atoms. The molecule has 5 rings (SSSR count). The lowest BCUT2D eigenvalue weighted by Gasteiger charge is -2.49. The number of H-pyrrole nitrogens is 1. The number of ether oxygens (including phenoxy) is 5. The van der Waals surface area contributed by atoms with Crippen LogP contribution >= 0.6 is 0 Å². The molecule has 3 N–H and O–H groups in total. The first-order valence-electron chi connectivity index (χ1n) is 14.7. The van der Waals surface area contributed by atoms with Crippen LogP contribution in [0.3, 0.4) is 0 Å². The van der Waals surface area contributed by atoms with Crippen molar-refractivity contribution in [3.8, 4) is 0 Å². The zero-order valence-corrected chi connectivity index (χ0v) is 25.1. The molecule has 4 aliphatic rings. The van der Waals surface area contributed by atoms with Gasteiger partial charge < -0.3 is 38.9 Å². The Morgan fingerprint density at radius 3 is 2.74 bits per heavy atom. The highest BCUT2D eigenvalue weighted by Gasteiger charge is 2.68. The van der Waals surface area contributed by atoms with Crippen LogP contribution < -0.4 is 0 Å². The third-order valence-corrected chi connectivity index (χ3v) is 9.69. The molecule has 1 saturated heterocycles. The molecule has 2 fully saturated rings. The van der Waals surface area contributed by atoms with Crippen LogP contribution in [0.2, 0.25) is 0 Å². The van der Waals surface area contributed by atoms with Gasteiger partial charge in [0.2, 0.25) is 0 Å². The minimum Gasteiger partial charge on any atom is -0.466 e. The lowest BCUT2D eigenvalue weighted by atomic mass is 9.57. The van der Waals surface area contributed by atoms with Crippen molar-refractivity contribution < 1.29 is 43.5 Å². The first-order chi connectivity index (χ1) is 20.0. The second-order valence-electron chi connectivity index (χ2n) is 12.2. The van der Waals surface area contributed by atoms with E-state index >= 15 is 0 Å². The minimum atomic E-state index is -0.881. The first-order valence-corrected chi connectivity index (χ1v) is 14.7. The molecule has 1 aromatic rings. The maximum absolute atomic E-state index is 13.1. The van der Waals surface area contributed by atoms with Crippen molar-refractivity contribution in [1.82, 2.24) is 4.98 Å². The molecule has 2 unspecified atom stereocenters. The van der Waals surface area contributed by atoms with E-state index in [9.17, 15) is 19.8 Å². The van der Waals surface area contributed by atoms with Crippen LogP contribution in [0.5, 0.6) is 0 Å². The molecule has 0 aromatic carbocycles. The van der Waals surface area contributed by atoms with Gasteiger partial charge in [0.25, 0.3) is 0 Å². The van der Waals surface area contributed by atoms with Crippen molar-refractivity contribution in [2.24, 2.45) is 29.6 Å². The number of aliphatic hydroxyl groups is 2. The molecular formula is C32H43NO9. The quantitative estimate of drug-likeness (QED) is 0.251. The average Bonchev–Trinajstić information content (AvgIpc) is 3.49. The van der Waals surface area contributed by atoms with Gasteiger partial charge in [-0.3, -0.25) is 0 Å². The summed E-state index contributed by atoms with van der Waals surface area (Å²) < 4.78 is 29.6. The number of aromatic amines is 1. The Balaban J connectivity index is 1.45. The fourth-order valence-corrected chi connectivity index (χ4v) is 7.63. The van der Waals surface area contributed by atoms with Crippen LogP contribution in [0.25, 0.3) is 6.08 Å². The molecule has 10 nitrogen and oxygen atoms in total. The molecule has 42 heavy (non-hydrogen) atoms. The molecule has 230 valence electrons. The Hall–Kier alpha value is -2.76. The number of methoxy groups -OCH3 is 2. The Labute approximate surface area is 246 Å². The van der Waals surface area contributed by atoms with Crippen LogP contribution in [-0.4, -0.2) is 83.6 Å². The number of carbonyl (C=O) groups excluding carboxylic acids is 2. The fourth-order valence-electron chi connectivity index (χ4n) is 7.63. The number of rotatable bonds is 7. The molecule has 1 aromatic heterocycles. The average molecular weight is 586 g/mol. The van der Waals surface area contributed by atoms with Gasteiger partial charge in [0.1, 0.15) is 11.7 Å². The lowest BCUT2D eigenvalue weighted by molar-refractivity contribution is -0.172. The van der Waals surface area contributed by atoms with Crippen LogP contribution in [0, 0.1) is 29.6 Å². The first kappa shape index (κ1) is 30.7. The standard InChI is InChI=1S/C32H43NO9/c1-16-11-17(2)32-21(13-24(38-5)31(37)41-28(16)19(4)34)8-9-23-26(32)27(36)18(3)29(30(23)42-32)40-15-22-12-20(14-33-22)7-10-25(35)39-6/h7-12,14,16,18-19,21,23-24,26-30,33-34,36H,13,15H2,1-6H3/b10-7+,17-11+/t16-,18-,19?,21?,23-,24+,26+,27-,28+,29-,30-,32+/m1/s1. The van der Waals surface area contributed by atoms with Gasteiger partial charge in [0.15, 0.2) is 6.10 Å². The number of carbonyl (C=O) groups is 2. The molecule has 12 atom stereocenters. The number of aromatic nitrogens is 1. The molecule has 2 aliphatic heterocycles. The zero-order valence-electron chi connectivity index (χ0n) is 25.1. The van der Waals surface area contributed by atoms with E-state index in [0.717, 1.165) is 16.8 Å². The van der Waals surface area contributed by atoms with E-state index in [2.05, 4.69) is 21.9 Å². The van der Waals surface area contributed by atoms with E-state index < -0.39 is 48.1 Å². The van der Waals surface area contributed by atoms with Crippen molar-refractivity contribution in [2.75, 3.05) is 14.2 Å². The summed E-state index contributed by atoms with van der Waals surface area (Å²) in [6.45, 7) is 7.80. The van der Waals surface area contributed by atoms with Crippen molar-refractivity contribution in [1.29, 1.82) is 0 Å². The summed E-state index contributed by atoms with van der Waals surface area (Å²) in [5.41, 5.74) is 1.70. The maximum atomic E-state index is 13.1. The van der Waals surface area contributed by atoms with Crippen molar-refractivity contribution in [2.45, 2.75) is 82.9 Å². The number of cyclic esters (lactones) is 1.